The first-order valence-corrected chi connectivity index (χ1v) is 6.99. The molecule has 1 aromatic carbocycles. The van der Waals surface area contributed by atoms with E-state index in [2.05, 4.69) is 64.3 Å². The van der Waals surface area contributed by atoms with Crippen LogP contribution in [-0.2, 0) is 4.74 Å². The highest BCUT2D eigenvalue weighted by molar-refractivity contribution is 5.30. The average molecular weight is 262 g/mol. The van der Waals surface area contributed by atoms with Crippen LogP contribution in [-0.4, -0.2) is 11.2 Å². The lowest BCUT2D eigenvalue weighted by Crippen LogP contribution is -2.41. The Balaban J connectivity index is 2.36. The van der Waals surface area contributed by atoms with Crippen LogP contribution in [0, 0.1) is 12.8 Å². The molecule has 3 nitrogen and oxygen atoms in total. The van der Waals surface area contributed by atoms with Gasteiger partial charge in [0.2, 0.25) is 0 Å². The molecule has 106 valence electrons. The first-order chi connectivity index (χ1) is 8.77. The van der Waals surface area contributed by atoms with Gasteiger partial charge in [-0.05, 0) is 52.2 Å². The second kappa shape index (κ2) is 4.89. The number of nitrogens with two attached hydrogens (primary N) is 1. The van der Waals surface area contributed by atoms with E-state index in [9.17, 15) is 0 Å². The molecule has 1 heterocycles. The number of ether oxygens (including phenoxy) is 1. The topological polar surface area (TPSA) is 47.3 Å². The van der Waals surface area contributed by atoms with Crippen molar-refractivity contribution in [3.05, 3.63) is 35.4 Å². The van der Waals surface area contributed by atoms with E-state index in [4.69, 9.17) is 10.6 Å². The highest BCUT2D eigenvalue weighted by atomic mass is 16.5. The van der Waals surface area contributed by atoms with E-state index < -0.39 is 0 Å². The van der Waals surface area contributed by atoms with E-state index in [-0.39, 0.29) is 17.2 Å². The summed E-state index contributed by atoms with van der Waals surface area (Å²) in [7, 11) is 0. The maximum atomic E-state index is 6.20. The zero-order valence-corrected chi connectivity index (χ0v) is 12.7. The molecule has 0 aliphatic carbocycles. The van der Waals surface area contributed by atoms with Crippen molar-refractivity contribution in [2.45, 2.75) is 58.3 Å². The smallest absolute Gasteiger partial charge is 0.0681 e. The predicted molar refractivity (Wildman–Crippen MR) is 78.6 cm³/mol. The number of hydrazine groups is 1. The maximum Gasteiger partial charge on any atom is 0.0681 e. The first kappa shape index (κ1) is 14.5. The molecule has 0 aromatic heterocycles. The Kier molecular flexibility index (Phi) is 3.74. The summed E-state index contributed by atoms with van der Waals surface area (Å²) in [5.74, 6) is 6.21. The molecule has 3 heteroatoms. The highest BCUT2D eigenvalue weighted by Crippen LogP contribution is 2.47. The molecule has 1 aromatic rings. The summed E-state index contributed by atoms with van der Waals surface area (Å²) in [4.78, 5) is 0. The Morgan fingerprint density at radius 1 is 1.26 bits per heavy atom. The van der Waals surface area contributed by atoms with Crippen LogP contribution in [0.3, 0.4) is 0 Å². The molecule has 1 aliphatic heterocycles. The van der Waals surface area contributed by atoms with Crippen molar-refractivity contribution < 1.29 is 4.74 Å². The van der Waals surface area contributed by atoms with Crippen molar-refractivity contribution >= 4 is 0 Å². The third-order valence-corrected chi connectivity index (χ3v) is 4.25. The van der Waals surface area contributed by atoms with E-state index in [0.29, 0.717) is 5.92 Å². The number of aryl methyl sites for hydroxylation is 1. The van der Waals surface area contributed by atoms with E-state index in [1.165, 1.54) is 11.1 Å². The number of benzene rings is 1. The van der Waals surface area contributed by atoms with Crippen LogP contribution >= 0.6 is 0 Å². The molecule has 0 bridgehead atoms. The first-order valence-electron chi connectivity index (χ1n) is 6.99. The van der Waals surface area contributed by atoms with Gasteiger partial charge < -0.3 is 4.74 Å². The Hall–Kier alpha value is -0.900. The molecule has 0 radical (unpaired) electrons. The van der Waals surface area contributed by atoms with Gasteiger partial charge in [-0.15, -0.1) is 0 Å². The lowest BCUT2D eigenvalue weighted by Gasteiger charge is -2.33. The normalized spacial score (nSPS) is 26.3. The zero-order chi connectivity index (χ0) is 14.3. The molecule has 1 saturated heterocycles. The van der Waals surface area contributed by atoms with Crippen molar-refractivity contribution in [3.63, 3.8) is 0 Å². The quantitative estimate of drug-likeness (QED) is 0.650. The number of hydrogen-bond donors (Lipinski definition) is 2. The summed E-state index contributed by atoms with van der Waals surface area (Å²) in [6.45, 7) is 10.8. The van der Waals surface area contributed by atoms with Gasteiger partial charge in [0.1, 0.15) is 0 Å². The summed E-state index contributed by atoms with van der Waals surface area (Å²) in [6, 6.07) is 8.54. The fourth-order valence-electron chi connectivity index (χ4n) is 3.48. The summed E-state index contributed by atoms with van der Waals surface area (Å²) in [5.41, 5.74) is 5.28. The zero-order valence-electron chi connectivity index (χ0n) is 12.7. The van der Waals surface area contributed by atoms with Gasteiger partial charge in [0.05, 0.1) is 17.2 Å². The summed E-state index contributed by atoms with van der Waals surface area (Å²) >= 11 is 0. The standard InChI is InChI=1S/C16H26N2O/c1-11-8-6-7-9-12(11)14(18-17)13-10-15(2,3)19-16(13,4)5/h6-9,13-14,18H,10,17H2,1-5H3. The SMILES string of the molecule is Cc1ccccc1C(NN)C1CC(C)(C)OC1(C)C. The second-order valence-electron chi connectivity index (χ2n) is 6.78. The third kappa shape index (κ3) is 2.83. The second-order valence-corrected chi connectivity index (χ2v) is 6.78. The lowest BCUT2D eigenvalue weighted by molar-refractivity contribution is -0.0779. The van der Waals surface area contributed by atoms with Crippen molar-refractivity contribution in [1.29, 1.82) is 0 Å². The van der Waals surface area contributed by atoms with E-state index >= 15 is 0 Å². The molecule has 2 rings (SSSR count). The number of nitrogens with one attached hydrogen (secondary N) is 1. The summed E-state index contributed by atoms with van der Waals surface area (Å²) in [6.07, 6.45) is 1.00. The van der Waals surface area contributed by atoms with Gasteiger partial charge in [0, 0.05) is 5.92 Å². The molecule has 0 saturated carbocycles. The van der Waals surface area contributed by atoms with Gasteiger partial charge in [-0.1, -0.05) is 24.3 Å². The van der Waals surface area contributed by atoms with Crippen LogP contribution < -0.4 is 11.3 Å². The minimum absolute atomic E-state index is 0.0913. The lowest BCUT2D eigenvalue weighted by atomic mass is 9.78. The van der Waals surface area contributed by atoms with Gasteiger partial charge >= 0.3 is 0 Å². The van der Waals surface area contributed by atoms with Gasteiger partial charge in [0.25, 0.3) is 0 Å². The molecule has 1 fully saturated rings. The van der Waals surface area contributed by atoms with Crippen molar-refractivity contribution in [3.8, 4) is 0 Å². The molecular weight excluding hydrogens is 236 g/mol. The van der Waals surface area contributed by atoms with Crippen molar-refractivity contribution in [2.24, 2.45) is 11.8 Å². The molecule has 0 spiro atoms. The van der Waals surface area contributed by atoms with Crippen LogP contribution in [0.1, 0.15) is 51.3 Å². The fraction of sp³-hybridized carbons (Fsp3) is 0.625. The van der Waals surface area contributed by atoms with Gasteiger partial charge in [-0.25, -0.2) is 0 Å². The average Bonchev–Trinajstić information content (AvgIpc) is 2.51. The van der Waals surface area contributed by atoms with E-state index in [1.54, 1.807) is 0 Å². The van der Waals surface area contributed by atoms with Crippen LogP contribution in [0.15, 0.2) is 24.3 Å². The Morgan fingerprint density at radius 2 is 1.89 bits per heavy atom. The largest absolute Gasteiger partial charge is 0.369 e. The number of rotatable bonds is 3. The van der Waals surface area contributed by atoms with E-state index in [1.807, 2.05) is 0 Å². The molecule has 0 amide bonds. The van der Waals surface area contributed by atoms with Gasteiger partial charge in [-0.2, -0.15) is 0 Å². The van der Waals surface area contributed by atoms with Crippen molar-refractivity contribution in [1.82, 2.24) is 5.43 Å². The summed E-state index contributed by atoms with van der Waals surface area (Å²) in [5, 5.41) is 0. The van der Waals surface area contributed by atoms with Crippen molar-refractivity contribution in [2.75, 3.05) is 0 Å². The van der Waals surface area contributed by atoms with Gasteiger partial charge in [0.15, 0.2) is 0 Å². The minimum Gasteiger partial charge on any atom is -0.369 e. The summed E-state index contributed by atoms with van der Waals surface area (Å²) < 4.78 is 6.20. The van der Waals surface area contributed by atoms with Crippen LogP contribution in [0.5, 0.6) is 0 Å². The Labute approximate surface area is 116 Å². The molecule has 3 N–H and O–H groups in total. The van der Waals surface area contributed by atoms with Crippen LogP contribution in [0.25, 0.3) is 0 Å². The molecule has 2 unspecified atom stereocenters. The Morgan fingerprint density at radius 3 is 2.37 bits per heavy atom. The monoisotopic (exact) mass is 262 g/mol. The molecule has 1 aliphatic rings. The van der Waals surface area contributed by atoms with Gasteiger partial charge in [-0.3, -0.25) is 11.3 Å². The molecular formula is C16H26N2O. The Bertz CT molecular complexity index is 454. The number of hydrogen-bond acceptors (Lipinski definition) is 3. The van der Waals surface area contributed by atoms with Crippen LogP contribution in [0.4, 0.5) is 0 Å². The highest BCUT2D eigenvalue weighted by Gasteiger charge is 2.49. The van der Waals surface area contributed by atoms with Crippen LogP contribution in [0.2, 0.25) is 0 Å². The maximum absolute atomic E-state index is 6.20. The fourth-order valence-corrected chi connectivity index (χ4v) is 3.48. The molecule has 2 atom stereocenters. The predicted octanol–water partition coefficient (Wildman–Crippen LogP) is 3.09. The van der Waals surface area contributed by atoms with E-state index in [0.717, 1.165) is 6.42 Å². The minimum atomic E-state index is -0.178. The molecule has 19 heavy (non-hydrogen) atoms. The third-order valence-electron chi connectivity index (χ3n) is 4.25.